The molecule has 4 heteroatoms. The number of carbonyl (C=O) groups is 1. The largest absolute Gasteiger partial charge is 0.465 e. The summed E-state index contributed by atoms with van der Waals surface area (Å²) in [5.41, 5.74) is 5.63. The summed E-state index contributed by atoms with van der Waals surface area (Å²) in [4.78, 5) is 22.6. The molecule has 0 aromatic heterocycles. The van der Waals surface area contributed by atoms with E-state index < -0.39 is 0 Å². The summed E-state index contributed by atoms with van der Waals surface area (Å²) < 4.78 is 4.80. The lowest BCUT2D eigenvalue weighted by Crippen LogP contribution is -2.04. The molecule has 4 nitrogen and oxygen atoms in total. The number of esters is 1. The highest BCUT2D eigenvalue weighted by Crippen LogP contribution is 2.33. The van der Waals surface area contributed by atoms with E-state index in [1.165, 1.54) is 7.11 Å². The average Bonchev–Trinajstić information content (AvgIpc) is 2.50. The van der Waals surface area contributed by atoms with Crippen LogP contribution in [-0.4, -0.2) is 13.1 Å². The van der Waals surface area contributed by atoms with Crippen molar-refractivity contribution < 1.29 is 9.53 Å². The van der Waals surface area contributed by atoms with E-state index in [2.05, 4.69) is 5.18 Å². The quantitative estimate of drug-likeness (QED) is 0.617. The summed E-state index contributed by atoms with van der Waals surface area (Å²) in [7, 11) is 1.37. The zero-order chi connectivity index (χ0) is 15.6. The van der Waals surface area contributed by atoms with Crippen LogP contribution in [0.2, 0.25) is 0 Å². The van der Waals surface area contributed by atoms with E-state index in [1.54, 1.807) is 12.1 Å². The van der Waals surface area contributed by atoms with Gasteiger partial charge in [-0.3, -0.25) is 0 Å². The second kappa shape index (κ2) is 5.87. The number of nitroso groups, excluding NO2 is 1. The molecule has 2 aromatic rings. The Kier molecular flexibility index (Phi) is 4.17. The topological polar surface area (TPSA) is 55.7 Å². The van der Waals surface area contributed by atoms with Gasteiger partial charge >= 0.3 is 5.97 Å². The van der Waals surface area contributed by atoms with E-state index in [4.69, 9.17) is 4.74 Å². The molecule has 0 saturated heterocycles. The van der Waals surface area contributed by atoms with Gasteiger partial charge in [0.05, 0.1) is 12.7 Å². The lowest BCUT2D eigenvalue weighted by atomic mass is 9.91. The van der Waals surface area contributed by atoms with Crippen LogP contribution < -0.4 is 0 Å². The van der Waals surface area contributed by atoms with Gasteiger partial charge in [-0.05, 0) is 65.9 Å². The first-order valence-corrected chi connectivity index (χ1v) is 6.63. The number of hydrogen-bond donors (Lipinski definition) is 0. The van der Waals surface area contributed by atoms with Crippen molar-refractivity contribution >= 4 is 11.7 Å². The molecule has 0 saturated carbocycles. The maximum atomic E-state index is 11.8. The van der Waals surface area contributed by atoms with Crippen molar-refractivity contribution in [2.75, 3.05) is 7.11 Å². The number of benzene rings is 2. The van der Waals surface area contributed by atoms with Crippen molar-refractivity contribution in [3.63, 3.8) is 0 Å². The Labute approximate surface area is 123 Å². The van der Waals surface area contributed by atoms with Crippen molar-refractivity contribution in [3.05, 3.63) is 57.5 Å². The summed E-state index contributed by atoms with van der Waals surface area (Å²) >= 11 is 0. The van der Waals surface area contributed by atoms with Gasteiger partial charge in [-0.25, -0.2) is 4.79 Å². The monoisotopic (exact) mass is 283 g/mol. The minimum atomic E-state index is -0.352. The van der Waals surface area contributed by atoms with Crippen molar-refractivity contribution in [1.29, 1.82) is 0 Å². The Morgan fingerprint density at radius 1 is 0.952 bits per heavy atom. The third-order valence-corrected chi connectivity index (χ3v) is 3.89. The summed E-state index contributed by atoms with van der Waals surface area (Å²) in [5, 5.41) is 3.02. The standard InChI is InChI=1S/C17H17NO3/c1-10-11(2)16(18-20)9-8-14(10)13-6-5-7-15(12(13)3)17(19)21-4/h5-9H,1-4H3. The predicted molar refractivity (Wildman–Crippen MR) is 82.9 cm³/mol. The SMILES string of the molecule is COC(=O)c1cccc(-c2ccc(N=O)c(C)c2C)c1C. The van der Waals surface area contributed by atoms with Gasteiger partial charge in [0.1, 0.15) is 5.69 Å². The van der Waals surface area contributed by atoms with Gasteiger partial charge in [0, 0.05) is 0 Å². The van der Waals surface area contributed by atoms with Crippen molar-refractivity contribution in [2.45, 2.75) is 20.8 Å². The lowest BCUT2D eigenvalue weighted by Gasteiger charge is -2.14. The third-order valence-electron chi connectivity index (χ3n) is 3.89. The van der Waals surface area contributed by atoms with Crippen LogP contribution in [0.5, 0.6) is 0 Å². The Hall–Kier alpha value is -2.49. The fraction of sp³-hybridized carbons (Fsp3) is 0.235. The smallest absolute Gasteiger partial charge is 0.338 e. The molecule has 0 unspecified atom stereocenters. The molecule has 0 radical (unpaired) electrons. The molecular weight excluding hydrogens is 266 g/mol. The van der Waals surface area contributed by atoms with Gasteiger partial charge in [0.15, 0.2) is 0 Å². The van der Waals surface area contributed by atoms with Gasteiger partial charge in [0.25, 0.3) is 0 Å². The minimum Gasteiger partial charge on any atom is -0.465 e. The van der Waals surface area contributed by atoms with Crippen LogP contribution in [0.25, 0.3) is 11.1 Å². The summed E-state index contributed by atoms with van der Waals surface area (Å²) in [5.74, 6) is -0.352. The Morgan fingerprint density at radius 3 is 2.24 bits per heavy atom. The highest BCUT2D eigenvalue weighted by molar-refractivity contribution is 5.93. The number of carbonyl (C=O) groups excluding carboxylic acids is 1. The predicted octanol–water partition coefficient (Wildman–Crippen LogP) is 4.46. The molecule has 0 atom stereocenters. The average molecular weight is 283 g/mol. The number of hydrogen-bond acceptors (Lipinski definition) is 4. The number of ether oxygens (including phenoxy) is 1. The molecule has 0 heterocycles. The van der Waals surface area contributed by atoms with E-state index >= 15 is 0 Å². The number of rotatable bonds is 3. The molecule has 0 spiro atoms. The molecule has 21 heavy (non-hydrogen) atoms. The molecule has 0 N–H and O–H groups in total. The van der Waals surface area contributed by atoms with E-state index in [-0.39, 0.29) is 5.97 Å². The summed E-state index contributed by atoms with van der Waals surface area (Å²) in [6.45, 7) is 5.71. The molecular formula is C17H17NO3. The minimum absolute atomic E-state index is 0.352. The third kappa shape index (κ3) is 2.57. The number of methoxy groups -OCH3 is 1. The van der Waals surface area contributed by atoms with Crippen LogP contribution in [0, 0.1) is 25.7 Å². The van der Waals surface area contributed by atoms with Crippen molar-refractivity contribution in [2.24, 2.45) is 5.18 Å². The number of nitrogens with zero attached hydrogens (tertiary/aromatic N) is 1. The van der Waals surface area contributed by atoms with E-state index in [0.29, 0.717) is 11.3 Å². The van der Waals surface area contributed by atoms with Crippen molar-refractivity contribution in [1.82, 2.24) is 0 Å². The fourth-order valence-electron chi connectivity index (χ4n) is 2.46. The van der Waals surface area contributed by atoms with Gasteiger partial charge < -0.3 is 4.74 Å². The van der Waals surface area contributed by atoms with Gasteiger partial charge in [-0.15, -0.1) is 4.91 Å². The zero-order valence-corrected chi connectivity index (χ0v) is 12.6. The first kappa shape index (κ1) is 14.9. The zero-order valence-electron chi connectivity index (χ0n) is 12.6. The fourth-order valence-corrected chi connectivity index (χ4v) is 2.46. The van der Waals surface area contributed by atoms with Crippen LogP contribution in [0.1, 0.15) is 27.0 Å². The molecule has 0 fully saturated rings. The maximum absolute atomic E-state index is 11.8. The van der Waals surface area contributed by atoms with E-state index in [9.17, 15) is 9.70 Å². The molecule has 2 rings (SSSR count). The van der Waals surface area contributed by atoms with Gasteiger partial charge in [-0.2, -0.15) is 0 Å². The molecule has 0 bridgehead atoms. The maximum Gasteiger partial charge on any atom is 0.338 e. The van der Waals surface area contributed by atoms with Gasteiger partial charge in [0.2, 0.25) is 0 Å². The molecule has 0 amide bonds. The first-order chi connectivity index (χ1) is 10.0. The van der Waals surface area contributed by atoms with Crippen molar-refractivity contribution in [3.8, 4) is 11.1 Å². The molecule has 108 valence electrons. The highest BCUT2D eigenvalue weighted by atomic mass is 16.5. The molecule has 0 aliphatic carbocycles. The molecule has 0 aliphatic rings. The van der Waals surface area contributed by atoms with Crippen LogP contribution in [0.3, 0.4) is 0 Å². The first-order valence-electron chi connectivity index (χ1n) is 6.63. The van der Waals surface area contributed by atoms with Gasteiger partial charge in [-0.1, -0.05) is 18.2 Å². The summed E-state index contributed by atoms with van der Waals surface area (Å²) in [6, 6.07) is 9.10. The Morgan fingerprint density at radius 2 is 1.62 bits per heavy atom. The normalized spacial score (nSPS) is 10.3. The highest BCUT2D eigenvalue weighted by Gasteiger charge is 2.15. The molecule has 0 aliphatic heterocycles. The second-order valence-electron chi connectivity index (χ2n) is 4.94. The van der Waals surface area contributed by atoms with Crippen LogP contribution in [0.15, 0.2) is 35.5 Å². The lowest BCUT2D eigenvalue weighted by molar-refractivity contribution is 0.0600. The van der Waals surface area contributed by atoms with E-state index in [0.717, 1.165) is 27.8 Å². The van der Waals surface area contributed by atoms with Crippen LogP contribution >= 0.6 is 0 Å². The van der Waals surface area contributed by atoms with Crippen LogP contribution in [-0.2, 0) is 4.74 Å². The Bertz CT molecular complexity index is 720. The summed E-state index contributed by atoms with van der Waals surface area (Å²) in [6.07, 6.45) is 0. The van der Waals surface area contributed by atoms with Crippen LogP contribution in [0.4, 0.5) is 5.69 Å². The molecule has 2 aromatic carbocycles. The van der Waals surface area contributed by atoms with E-state index in [1.807, 2.05) is 39.0 Å². The Balaban J connectivity index is 2.66. The second-order valence-corrected chi connectivity index (χ2v) is 4.94.